The van der Waals surface area contributed by atoms with E-state index in [1.165, 1.54) is 30.0 Å². The van der Waals surface area contributed by atoms with Crippen molar-refractivity contribution in [3.8, 4) is 16.5 Å². The molecule has 1 aromatic heterocycles. The van der Waals surface area contributed by atoms with Crippen LogP contribution in [0.2, 0.25) is 0 Å². The van der Waals surface area contributed by atoms with Gasteiger partial charge in [-0.2, -0.15) is 5.26 Å². The predicted octanol–water partition coefficient (Wildman–Crippen LogP) is 2.06. The third-order valence-electron chi connectivity index (χ3n) is 7.21. The van der Waals surface area contributed by atoms with E-state index in [4.69, 9.17) is 9.47 Å². The third-order valence-corrected chi connectivity index (χ3v) is 9.63. The van der Waals surface area contributed by atoms with E-state index in [9.17, 15) is 29.0 Å². The van der Waals surface area contributed by atoms with Gasteiger partial charge in [-0.15, -0.1) is 11.3 Å². The molecule has 2 aliphatic heterocycles. The molecule has 5 rings (SSSR count). The Hall–Kier alpha value is -2.86. The molecule has 0 bridgehead atoms. The van der Waals surface area contributed by atoms with E-state index >= 15 is 0 Å². The summed E-state index contributed by atoms with van der Waals surface area (Å²) in [6.45, 7) is 4.32. The first-order chi connectivity index (χ1) is 19.2. The van der Waals surface area contributed by atoms with Gasteiger partial charge in [-0.25, -0.2) is 13.1 Å². The van der Waals surface area contributed by atoms with Gasteiger partial charge in [-0.05, 0) is 59.7 Å². The van der Waals surface area contributed by atoms with Gasteiger partial charge in [-0.1, -0.05) is 18.2 Å². The number of hydrogen-bond donors (Lipinski definition) is 4. The summed E-state index contributed by atoms with van der Waals surface area (Å²) in [5.74, 6) is 0. The van der Waals surface area contributed by atoms with Gasteiger partial charge in [0.25, 0.3) is 10.0 Å². The number of sulfonamides is 1. The minimum absolute atomic E-state index is 0.378. The minimum atomic E-state index is -4.23. The van der Waals surface area contributed by atoms with Crippen LogP contribution in [-0.4, -0.2) is 87.1 Å². The van der Waals surface area contributed by atoms with Crippen molar-refractivity contribution < 1.29 is 33.2 Å². The highest BCUT2D eigenvalue weighted by atomic mass is 32.2. The molecule has 1 unspecified atom stereocenters. The van der Waals surface area contributed by atoms with Crippen molar-refractivity contribution in [3.63, 3.8) is 0 Å². The number of nitrogens with one attached hydrogen (secondary N) is 1. The van der Waals surface area contributed by atoms with Crippen LogP contribution in [0.25, 0.3) is 27.3 Å². The number of nitrogens with zero attached hydrogens (tertiary/aromatic N) is 2. The maximum Gasteiger partial charge on any atom is 0.250 e. The fraction of sp³-hybridized carbons (Fsp3) is 0.393. The maximum absolute atomic E-state index is 12.9. The average molecular weight is 586 g/mol. The van der Waals surface area contributed by atoms with Gasteiger partial charge >= 0.3 is 0 Å². The average Bonchev–Trinajstić information content (AvgIpc) is 3.44. The molecule has 3 aromatic rings. The summed E-state index contributed by atoms with van der Waals surface area (Å²) < 4.78 is 38.9. The molecular formula is C28H31N3O7S2. The van der Waals surface area contributed by atoms with Crippen LogP contribution in [0, 0.1) is 11.3 Å². The Morgan fingerprint density at radius 1 is 1.07 bits per heavy atom. The summed E-state index contributed by atoms with van der Waals surface area (Å²) in [4.78, 5) is 3.33. The normalized spacial score (nSPS) is 26.1. The van der Waals surface area contributed by atoms with Crippen LogP contribution in [0.4, 0.5) is 5.69 Å². The second kappa shape index (κ2) is 11.9. The zero-order valence-corrected chi connectivity index (χ0v) is 23.4. The van der Waals surface area contributed by atoms with Crippen molar-refractivity contribution in [1.82, 2.24) is 4.72 Å². The topological polar surface area (TPSA) is 152 Å². The molecule has 0 amide bonds. The van der Waals surface area contributed by atoms with Crippen molar-refractivity contribution in [3.05, 3.63) is 58.3 Å². The smallest absolute Gasteiger partial charge is 0.250 e. The van der Waals surface area contributed by atoms with Gasteiger partial charge in [0.05, 0.1) is 19.3 Å². The Morgan fingerprint density at radius 2 is 1.80 bits per heavy atom. The quantitative estimate of drug-likeness (QED) is 0.305. The predicted molar refractivity (Wildman–Crippen MR) is 153 cm³/mol. The van der Waals surface area contributed by atoms with Gasteiger partial charge in [0.2, 0.25) is 0 Å². The molecule has 0 spiro atoms. The molecule has 3 heterocycles. The lowest BCUT2D eigenvalue weighted by atomic mass is 9.96. The van der Waals surface area contributed by atoms with E-state index in [2.05, 4.69) is 40.0 Å². The SMILES string of the molecule is CC1O[C@H](CNS(=O)(=O)/C(C#N)=C/c2ccc(-c3ccc4cc(N5CCOCC5)ccc4c3)s2)[C@@H](O)[C@H](O)[C@H]1O. The highest BCUT2D eigenvalue weighted by Gasteiger charge is 2.42. The van der Waals surface area contributed by atoms with Crippen LogP contribution in [0.1, 0.15) is 11.8 Å². The summed E-state index contributed by atoms with van der Waals surface area (Å²) in [7, 11) is -4.23. The van der Waals surface area contributed by atoms with Gasteiger partial charge in [0.1, 0.15) is 30.5 Å². The first-order valence-corrected chi connectivity index (χ1v) is 15.2. The largest absolute Gasteiger partial charge is 0.388 e. The first kappa shape index (κ1) is 28.7. The number of ether oxygens (including phenoxy) is 2. The number of aliphatic hydroxyl groups excluding tert-OH is 3. The maximum atomic E-state index is 12.9. The summed E-state index contributed by atoms with van der Waals surface area (Å²) in [6, 6.07) is 17.9. The van der Waals surface area contributed by atoms with Crippen molar-refractivity contribution in [2.45, 2.75) is 37.4 Å². The third kappa shape index (κ3) is 6.07. The molecule has 0 saturated carbocycles. The lowest BCUT2D eigenvalue weighted by molar-refractivity contribution is -0.214. The number of morpholine rings is 1. The number of fused-ring (bicyclic) bond motifs is 1. The van der Waals surface area contributed by atoms with E-state index in [0.717, 1.165) is 47.5 Å². The van der Waals surface area contributed by atoms with Crippen LogP contribution in [0.3, 0.4) is 0 Å². The van der Waals surface area contributed by atoms with Crippen LogP contribution in [-0.2, 0) is 19.5 Å². The molecule has 212 valence electrons. The number of benzene rings is 2. The molecule has 2 aromatic carbocycles. The van der Waals surface area contributed by atoms with Gasteiger partial charge < -0.3 is 29.7 Å². The minimum Gasteiger partial charge on any atom is -0.388 e. The van der Waals surface area contributed by atoms with Crippen molar-refractivity contribution in [2.24, 2.45) is 0 Å². The second-order valence-corrected chi connectivity index (χ2v) is 12.7. The van der Waals surface area contributed by atoms with E-state index in [1.54, 1.807) is 12.1 Å². The van der Waals surface area contributed by atoms with Gasteiger partial charge in [0.15, 0.2) is 4.91 Å². The lowest BCUT2D eigenvalue weighted by Crippen LogP contribution is -2.59. The first-order valence-electron chi connectivity index (χ1n) is 12.9. The van der Waals surface area contributed by atoms with Crippen LogP contribution < -0.4 is 9.62 Å². The monoisotopic (exact) mass is 585 g/mol. The molecule has 12 heteroatoms. The zero-order chi connectivity index (χ0) is 28.4. The highest BCUT2D eigenvalue weighted by molar-refractivity contribution is 7.93. The van der Waals surface area contributed by atoms with E-state index in [0.29, 0.717) is 4.88 Å². The summed E-state index contributed by atoms with van der Waals surface area (Å²) in [5.41, 5.74) is 2.15. The standard InChI is InChI=1S/C28H31N3O7S2/c1-17-26(32)28(34)27(33)24(38-17)16-30-40(35,36)23(15-29)14-22-6-7-25(39-22)20-3-2-19-13-21(5-4-18(19)12-20)31-8-10-37-11-9-31/h2-7,12-14,17,24,26-28,30,32-34H,8-11,16H2,1H3/b23-14+/t17?,24-,26+,27-,28-/m1/s1. The number of nitriles is 1. The molecule has 5 atom stereocenters. The number of hydrogen-bond acceptors (Lipinski definition) is 10. The van der Waals surface area contributed by atoms with Crippen molar-refractivity contribution >= 4 is 43.9 Å². The van der Waals surface area contributed by atoms with Crippen molar-refractivity contribution in [2.75, 3.05) is 37.7 Å². The molecule has 10 nitrogen and oxygen atoms in total. The second-order valence-electron chi connectivity index (χ2n) is 9.87. The summed E-state index contributed by atoms with van der Waals surface area (Å²) in [6.07, 6.45) is -4.85. The van der Waals surface area contributed by atoms with Crippen LogP contribution in [0.5, 0.6) is 0 Å². The van der Waals surface area contributed by atoms with E-state index < -0.39 is 45.4 Å². The molecule has 0 radical (unpaired) electrons. The summed E-state index contributed by atoms with van der Waals surface area (Å²) in [5, 5.41) is 41.7. The van der Waals surface area contributed by atoms with Crippen LogP contribution in [0.15, 0.2) is 53.4 Å². The summed E-state index contributed by atoms with van der Waals surface area (Å²) >= 11 is 1.36. The molecule has 4 N–H and O–H groups in total. The highest BCUT2D eigenvalue weighted by Crippen LogP contribution is 2.33. The fourth-order valence-electron chi connectivity index (χ4n) is 4.86. The Bertz CT molecular complexity index is 1540. The molecule has 40 heavy (non-hydrogen) atoms. The number of thiophene rings is 1. The zero-order valence-electron chi connectivity index (χ0n) is 21.8. The Kier molecular flexibility index (Phi) is 8.55. The Morgan fingerprint density at radius 3 is 2.55 bits per heavy atom. The number of allylic oxidation sites excluding steroid dienone is 1. The number of aliphatic hydroxyl groups is 3. The van der Waals surface area contributed by atoms with Gasteiger partial charge in [-0.3, -0.25) is 0 Å². The molecule has 2 aliphatic rings. The molecule has 0 aliphatic carbocycles. The fourth-order valence-corrected chi connectivity index (χ4v) is 6.83. The molecule has 2 fully saturated rings. The molecular weight excluding hydrogens is 554 g/mol. The Balaban J connectivity index is 1.29. The van der Waals surface area contributed by atoms with E-state index in [1.807, 2.05) is 12.1 Å². The molecule has 2 saturated heterocycles. The van der Waals surface area contributed by atoms with Gasteiger partial charge in [0, 0.05) is 35.1 Å². The van der Waals surface area contributed by atoms with E-state index in [-0.39, 0.29) is 6.54 Å². The van der Waals surface area contributed by atoms with Crippen LogP contribution >= 0.6 is 11.3 Å². The number of rotatable bonds is 7. The lowest BCUT2D eigenvalue weighted by Gasteiger charge is -2.39. The number of anilines is 1. The Labute approximate surface area is 236 Å². The van der Waals surface area contributed by atoms with Crippen molar-refractivity contribution in [1.29, 1.82) is 5.26 Å².